The van der Waals surface area contributed by atoms with Crippen LogP contribution in [0.2, 0.25) is 0 Å². The van der Waals surface area contributed by atoms with E-state index in [1.54, 1.807) is 12.1 Å². The van der Waals surface area contributed by atoms with Gasteiger partial charge in [-0.15, -0.1) is 0 Å². The minimum Gasteiger partial charge on any atom is -0.466 e. The molecule has 4 nitrogen and oxygen atoms in total. The fraction of sp³-hybridized carbons (Fsp3) is 0.385. The van der Waals surface area contributed by atoms with Gasteiger partial charge in [0.1, 0.15) is 0 Å². The maximum Gasteiger partial charge on any atom is 0.311 e. The third-order valence-electron chi connectivity index (χ3n) is 2.18. The maximum atomic E-state index is 11.7. The molecule has 0 aliphatic carbocycles. The van der Waals surface area contributed by atoms with Crippen LogP contribution in [-0.4, -0.2) is 18.5 Å². The molecule has 0 fully saturated rings. The summed E-state index contributed by atoms with van der Waals surface area (Å²) in [6, 6.07) is 3.53. The van der Waals surface area contributed by atoms with Gasteiger partial charge in [-0.1, -0.05) is 22.9 Å². The second-order valence-corrected chi connectivity index (χ2v) is 6.52. The van der Waals surface area contributed by atoms with Crippen molar-refractivity contribution in [2.45, 2.75) is 26.2 Å². The molecule has 1 rings (SSSR count). The monoisotopic (exact) mass is 470 g/mol. The average molecular weight is 473 g/mol. The molecule has 0 saturated carbocycles. The third kappa shape index (κ3) is 5.93. The topological polar surface area (TPSA) is 52.6 Å². The average Bonchev–Trinajstić information content (AvgIpc) is 2.38. The largest absolute Gasteiger partial charge is 0.466 e. The predicted octanol–water partition coefficient (Wildman–Crippen LogP) is 4.61. The summed E-state index contributed by atoms with van der Waals surface area (Å²) in [7, 11) is 0. The van der Waals surface area contributed by atoms with E-state index in [1.807, 2.05) is 6.92 Å². The van der Waals surface area contributed by atoms with Crippen molar-refractivity contribution in [3.63, 3.8) is 0 Å². The Labute approximate surface area is 142 Å². The van der Waals surface area contributed by atoms with Gasteiger partial charge in [-0.25, -0.2) is 0 Å². The molecule has 0 atom stereocenters. The first-order valence-corrected chi connectivity index (χ1v) is 8.32. The highest BCUT2D eigenvalue weighted by atomic mass is 79.9. The van der Waals surface area contributed by atoms with E-state index in [4.69, 9.17) is 9.47 Å². The molecule has 1 aromatic carbocycles. The van der Waals surface area contributed by atoms with Crippen LogP contribution >= 0.6 is 47.8 Å². The van der Waals surface area contributed by atoms with Gasteiger partial charge >= 0.3 is 11.9 Å². The summed E-state index contributed by atoms with van der Waals surface area (Å²) in [5.74, 6) is -0.486. The first kappa shape index (κ1) is 17.7. The van der Waals surface area contributed by atoms with Crippen LogP contribution in [0.4, 0.5) is 0 Å². The lowest BCUT2D eigenvalue weighted by Crippen LogP contribution is -2.13. The highest BCUT2D eigenvalue weighted by Crippen LogP contribution is 2.36. The van der Waals surface area contributed by atoms with Crippen molar-refractivity contribution in [3.05, 3.63) is 25.6 Å². The van der Waals surface area contributed by atoms with Crippen LogP contribution in [0.1, 0.15) is 26.2 Å². The number of benzene rings is 1. The first-order valence-electron chi connectivity index (χ1n) is 5.95. The fourth-order valence-corrected chi connectivity index (χ4v) is 3.70. The Morgan fingerprint density at radius 3 is 2.15 bits per heavy atom. The molecule has 0 aromatic heterocycles. The van der Waals surface area contributed by atoms with Crippen LogP contribution < -0.4 is 4.74 Å². The Morgan fingerprint density at radius 1 is 1.05 bits per heavy atom. The number of hydrogen-bond acceptors (Lipinski definition) is 4. The molecule has 110 valence electrons. The van der Waals surface area contributed by atoms with E-state index in [2.05, 4.69) is 47.8 Å². The number of carbonyl (C=O) groups is 2. The molecule has 7 heteroatoms. The van der Waals surface area contributed by atoms with Crippen molar-refractivity contribution in [2.24, 2.45) is 0 Å². The standard InChI is InChI=1S/C13H13Br3O4/c1-2-5-19-11(17)3-4-12(18)20-13-9(15)6-8(14)7-10(13)16/h6-7H,2-5H2,1H3. The lowest BCUT2D eigenvalue weighted by molar-refractivity contribution is -0.147. The molecular weight excluding hydrogens is 460 g/mol. The molecule has 1 aromatic rings. The van der Waals surface area contributed by atoms with Crippen molar-refractivity contribution in [1.82, 2.24) is 0 Å². The van der Waals surface area contributed by atoms with Crippen LogP contribution in [0.25, 0.3) is 0 Å². The molecule has 0 heterocycles. The predicted molar refractivity (Wildman–Crippen MR) is 85.7 cm³/mol. The van der Waals surface area contributed by atoms with Gasteiger partial charge in [-0.05, 0) is 50.4 Å². The fourth-order valence-electron chi connectivity index (χ4n) is 1.28. The summed E-state index contributed by atoms with van der Waals surface area (Å²) in [6.45, 7) is 2.28. The van der Waals surface area contributed by atoms with Crippen LogP contribution in [-0.2, 0) is 14.3 Å². The molecule has 0 radical (unpaired) electrons. The molecular formula is C13H13Br3O4. The molecule has 0 aliphatic rings. The van der Waals surface area contributed by atoms with E-state index in [0.29, 0.717) is 21.3 Å². The van der Waals surface area contributed by atoms with E-state index in [1.165, 1.54) is 0 Å². The van der Waals surface area contributed by atoms with Crippen LogP contribution in [0.5, 0.6) is 5.75 Å². The van der Waals surface area contributed by atoms with Crippen LogP contribution in [0.15, 0.2) is 25.6 Å². The molecule has 0 N–H and O–H groups in total. The molecule has 0 spiro atoms. The van der Waals surface area contributed by atoms with Crippen molar-refractivity contribution < 1.29 is 19.1 Å². The van der Waals surface area contributed by atoms with Crippen LogP contribution in [0, 0.1) is 0 Å². The Hall–Kier alpha value is -0.400. The van der Waals surface area contributed by atoms with E-state index >= 15 is 0 Å². The molecule has 0 saturated heterocycles. The zero-order valence-electron chi connectivity index (χ0n) is 10.8. The number of hydrogen-bond donors (Lipinski definition) is 0. The number of esters is 2. The highest BCUT2D eigenvalue weighted by molar-refractivity contribution is 9.11. The van der Waals surface area contributed by atoms with E-state index in [9.17, 15) is 9.59 Å². The van der Waals surface area contributed by atoms with Crippen molar-refractivity contribution >= 4 is 59.7 Å². The lowest BCUT2D eigenvalue weighted by atomic mass is 10.3. The van der Waals surface area contributed by atoms with Crippen molar-refractivity contribution in [1.29, 1.82) is 0 Å². The molecule has 0 amide bonds. The quantitative estimate of drug-likeness (QED) is 0.448. The second-order valence-electron chi connectivity index (χ2n) is 3.89. The zero-order chi connectivity index (χ0) is 15.1. The Balaban J connectivity index is 2.53. The van der Waals surface area contributed by atoms with Gasteiger partial charge in [0.15, 0.2) is 5.75 Å². The molecule has 20 heavy (non-hydrogen) atoms. The van der Waals surface area contributed by atoms with E-state index in [0.717, 1.165) is 10.9 Å². The zero-order valence-corrected chi connectivity index (χ0v) is 15.5. The van der Waals surface area contributed by atoms with E-state index in [-0.39, 0.29) is 12.8 Å². The normalized spacial score (nSPS) is 10.2. The lowest BCUT2D eigenvalue weighted by Gasteiger charge is -2.09. The number of carbonyl (C=O) groups excluding carboxylic acids is 2. The summed E-state index contributed by atoms with van der Waals surface area (Å²) < 4.78 is 12.2. The Kier molecular flexibility index (Phi) is 7.76. The number of rotatable bonds is 6. The van der Waals surface area contributed by atoms with Crippen molar-refractivity contribution in [3.8, 4) is 5.75 Å². The van der Waals surface area contributed by atoms with Gasteiger partial charge in [0.05, 0.1) is 28.4 Å². The molecule has 0 aliphatic heterocycles. The number of halogens is 3. The minimum atomic E-state index is -0.484. The number of ether oxygens (including phenoxy) is 2. The summed E-state index contributed by atoms with van der Waals surface area (Å²) >= 11 is 9.95. The summed E-state index contributed by atoms with van der Waals surface area (Å²) in [4.78, 5) is 23.0. The molecule has 0 unspecified atom stereocenters. The first-order chi connectivity index (χ1) is 9.43. The van der Waals surface area contributed by atoms with Crippen LogP contribution in [0.3, 0.4) is 0 Å². The second kappa shape index (κ2) is 8.79. The summed E-state index contributed by atoms with van der Waals surface area (Å²) in [5.41, 5.74) is 0. The van der Waals surface area contributed by atoms with Crippen molar-refractivity contribution in [2.75, 3.05) is 6.61 Å². The smallest absolute Gasteiger partial charge is 0.311 e. The third-order valence-corrected chi connectivity index (χ3v) is 3.82. The highest BCUT2D eigenvalue weighted by Gasteiger charge is 2.14. The van der Waals surface area contributed by atoms with E-state index < -0.39 is 11.9 Å². The van der Waals surface area contributed by atoms with Gasteiger partial charge in [-0.3, -0.25) is 9.59 Å². The van der Waals surface area contributed by atoms with Gasteiger partial charge < -0.3 is 9.47 Å². The molecule has 0 bridgehead atoms. The summed E-state index contributed by atoms with van der Waals surface area (Å²) in [5, 5.41) is 0. The Morgan fingerprint density at radius 2 is 1.60 bits per heavy atom. The van der Waals surface area contributed by atoms with Gasteiger partial charge in [-0.2, -0.15) is 0 Å². The van der Waals surface area contributed by atoms with Gasteiger partial charge in [0, 0.05) is 4.47 Å². The summed E-state index contributed by atoms with van der Waals surface area (Å²) in [6.07, 6.45) is 0.761. The van der Waals surface area contributed by atoms with Gasteiger partial charge in [0.2, 0.25) is 0 Å². The van der Waals surface area contributed by atoms with Gasteiger partial charge in [0.25, 0.3) is 0 Å². The maximum absolute atomic E-state index is 11.7. The SMILES string of the molecule is CCCOC(=O)CCC(=O)Oc1c(Br)cc(Br)cc1Br. The Bertz CT molecular complexity index is 479. The minimum absolute atomic E-state index is 0.0164.